The van der Waals surface area contributed by atoms with Crippen LogP contribution in [-0.4, -0.2) is 58.5 Å². The minimum atomic E-state index is 0.347. The lowest BCUT2D eigenvalue weighted by molar-refractivity contribution is 0.229. The number of furan rings is 1. The van der Waals surface area contributed by atoms with Gasteiger partial charge >= 0.3 is 0 Å². The molecule has 1 unspecified atom stereocenters. The number of anilines is 1. The van der Waals surface area contributed by atoms with Crippen LogP contribution >= 0.6 is 27.3 Å². The standard InChI is InChI=1S/C24H23BrN6O4S/c1-32-16-6-19(34-13-14-4-3-5-30(11-14)22-26-9-15(25)10-27-22)17-8-21(35-20(17)7-16)18-12-31-23(28-18)36-24(29-31)33-2/h6-10,12,14H,3-5,11,13H2,1-2H3. The Morgan fingerprint density at radius 3 is 2.81 bits per heavy atom. The van der Waals surface area contributed by atoms with Crippen LogP contribution in [0, 0.1) is 5.92 Å². The van der Waals surface area contributed by atoms with E-state index in [2.05, 4.69) is 40.9 Å². The Hall–Kier alpha value is -3.38. The Bertz CT molecular complexity index is 1480. The van der Waals surface area contributed by atoms with E-state index in [0.717, 1.165) is 52.4 Å². The molecule has 6 rings (SSSR count). The summed E-state index contributed by atoms with van der Waals surface area (Å²) in [5, 5.41) is 5.77. The SMILES string of the molecule is COc1cc(OCC2CCCN(c3ncc(Br)cn3)C2)c2cc(-c3cn4nc(OC)sc4n3)oc2c1. The summed E-state index contributed by atoms with van der Waals surface area (Å²) in [6, 6.07) is 5.72. The van der Waals surface area contributed by atoms with Gasteiger partial charge in [-0.25, -0.2) is 19.5 Å². The Morgan fingerprint density at radius 1 is 1.17 bits per heavy atom. The molecule has 1 saturated heterocycles. The zero-order valence-electron chi connectivity index (χ0n) is 19.7. The molecule has 10 nitrogen and oxygen atoms in total. The zero-order valence-corrected chi connectivity index (χ0v) is 22.1. The number of imidazole rings is 1. The highest BCUT2D eigenvalue weighted by atomic mass is 79.9. The number of halogens is 1. The van der Waals surface area contributed by atoms with Crippen LogP contribution < -0.4 is 19.1 Å². The molecule has 36 heavy (non-hydrogen) atoms. The van der Waals surface area contributed by atoms with Crippen molar-refractivity contribution in [3.8, 4) is 28.1 Å². The van der Waals surface area contributed by atoms with Crippen molar-refractivity contribution in [1.29, 1.82) is 0 Å². The molecule has 1 aliphatic heterocycles. The van der Waals surface area contributed by atoms with Gasteiger partial charge in [0.05, 0.1) is 36.9 Å². The first-order valence-electron chi connectivity index (χ1n) is 11.5. The monoisotopic (exact) mass is 570 g/mol. The molecule has 1 aliphatic rings. The Kier molecular flexibility index (Phi) is 6.13. The molecular formula is C24H23BrN6O4S. The number of methoxy groups -OCH3 is 2. The number of ether oxygens (including phenoxy) is 3. The summed E-state index contributed by atoms with van der Waals surface area (Å²) >= 11 is 4.77. The first-order chi connectivity index (χ1) is 17.6. The molecule has 1 aromatic carbocycles. The Balaban J connectivity index is 1.23. The van der Waals surface area contributed by atoms with E-state index in [1.165, 1.54) is 11.3 Å². The van der Waals surface area contributed by atoms with E-state index in [-0.39, 0.29) is 0 Å². The molecule has 0 N–H and O–H groups in total. The summed E-state index contributed by atoms with van der Waals surface area (Å²) in [7, 11) is 3.22. The van der Waals surface area contributed by atoms with E-state index in [0.29, 0.717) is 40.5 Å². The molecule has 5 heterocycles. The summed E-state index contributed by atoms with van der Waals surface area (Å²) in [6.07, 6.45) is 7.53. The van der Waals surface area contributed by atoms with Crippen LogP contribution in [0.4, 0.5) is 5.95 Å². The number of rotatable bonds is 7. The highest BCUT2D eigenvalue weighted by molar-refractivity contribution is 9.10. The maximum Gasteiger partial charge on any atom is 0.294 e. The maximum atomic E-state index is 6.36. The van der Waals surface area contributed by atoms with E-state index < -0.39 is 0 Å². The highest BCUT2D eigenvalue weighted by Crippen LogP contribution is 2.37. The van der Waals surface area contributed by atoms with Crippen molar-refractivity contribution >= 4 is 49.1 Å². The van der Waals surface area contributed by atoms with E-state index in [1.54, 1.807) is 31.1 Å². The fraction of sp³-hybridized carbons (Fsp3) is 0.333. The third kappa shape index (κ3) is 4.46. The number of piperidine rings is 1. The summed E-state index contributed by atoms with van der Waals surface area (Å²) in [4.78, 5) is 16.5. The molecule has 186 valence electrons. The largest absolute Gasteiger partial charge is 0.496 e. The fourth-order valence-corrected chi connectivity index (χ4v) is 5.29. The molecular weight excluding hydrogens is 548 g/mol. The summed E-state index contributed by atoms with van der Waals surface area (Å²) in [5.41, 5.74) is 1.37. The first kappa shape index (κ1) is 23.0. The number of hydrogen-bond donors (Lipinski definition) is 0. The normalized spacial score (nSPS) is 16.1. The molecule has 0 radical (unpaired) electrons. The molecule has 5 aromatic rings. The lowest BCUT2D eigenvalue weighted by atomic mass is 9.99. The smallest absolute Gasteiger partial charge is 0.294 e. The quantitative estimate of drug-likeness (QED) is 0.265. The van der Waals surface area contributed by atoms with Gasteiger partial charge < -0.3 is 23.5 Å². The zero-order chi connectivity index (χ0) is 24.6. The molecule has 1 fully saturated rings. The van der Waals surface area contributed by atoms with Gasteiger partial charge in [0.1, 0.15) is 22.8 Å². The van der Waals surface area contributed by atoms with E-state index >= 15 is 0 Å². The minimum Gasteiger partial charge on any atom is -0.496 e. The van der Waals surface area contributed by atoms with Crippen molar-refractivity contribution in [2.45, 2.75) is 12.8 Å². The van der Waals surface area contributed by atoms with Gasteiger partial charge in [0.2, 0.25) is 10.9 Å². The van der Waals surface area contributed by atoms with Crippen molar-refractivity contribution in [2.24, 2.45) is 5.92 Å². The van der Waals surface area contributed by atoms with Gasteiger partial charge in [-0.2, -0.15) is 0 Å². The predicted molar refractivity (Wildman–Crippen MR) is 139 cm³/mol. The lowest BCUT2D eigenvalue weighted by Crippen LogP contribution is -2.38. The second-order valence-corrected chi connectivity index (χ2v) is 10.4. The molecule has 0 amide bonds. The topological polar surface area (TPSA) is 100 Å². The molecule has 0 saturated carbocycles. The second kappa shape index (κ2) is 9.58. The number of hydrogen-bond acceptors (Lipinski definition) is 10. The third-order valence-corrected chi connectivity index (χ3v) is 7.44. The molecule has 4 aromatic heterocycles. The van der Waals surface area contributed by atoms with E-state index in [1.807, 2.05) is 24.4 Å². The van der Waals surface area contributed by atoms with E-state index in [4.69, 9.17) is 18.6 Å². The van der Waals surface area contributed by atoms with Crippen LogP contribution in [0.3, 0.4) is 0 Å². The second-order valence-electron chi connectivity index (χ2n) is 8.54. The molecule has 0 spiro atoms. The summed E-state index contributed by atoms with van der Waals surface area (Å²) in [6.45, 7) is 2.35. The molecule has 0 aliphatic carbocycles. The predicted octanol–water partition coefficient (Wildman–Crippen LogP) is 5.07. The van der Waals surface area contributed by atoms with Gasteiger partial charge in [0.15, 0.2) is 5.76 Å². The summed E-state index contributed by atoms with van der Waals surface area (Å²) in [5.74, 6) is 3.12. The van der Waals surface area contributed by atoms with Crippen LogP contribution in [0.15, 0.2) is 45.7 Å². The van der Waals surface area contributed by atoms with Crippen molar-refractivity contribution in [3.05, 3.63) is 41.3 Å². The number of nitrogens with zero attached hydrogens (tertiary/aromatic N) is 6. The Labute approximate surface area is 219 Å². The third-order valence-electron chi connectivity index (χ3n) is 6.14. The van der Waals surface area contributed by atoms with Crippen LogP contribution in [0.25, 0.3) is 27.4 Å². The van der Waals surface area contributed by atoms with Crippen molar-refractivity contribution in [3.63, 3.8) is 0 Å². The van der Waals surface area contributed by atoms with Crippen LogP contribution in [-0.2, 0) is 0 Å². The molecule has 12 heteroatoms. The minimum absolute atomic E-state index is 0.347. The highest BCUT2D eigenvalue weighted by Gasteiger charge is 2.23. The van der Waals surface area contributed by atoms with Crippen LogP contribution in [0.5, 0.6) is 16.7 Å². The summed E-state index contributed by atoms with van der Waals surface area (Å²) < 4.78 is 25.8. The number of fused-ring (bicyclic) bond motifs is 2. The van der Waals surface area contributed by atoms with E-state index in [9.17, 15) is 0 Å². The van der Waals surface area contributed by atoms with Crippen molar-refractivity contribution < 1.29 is 18.6 Å². The van der Waals surface area contributed by atoms with Gasteiger partial charge in [-0.15, -0.1) is 5.10 Å². The fourth-order valence-electron chi connectivity index (χ4n) is 4.39. The first-order valence-corrected chi connectivity index (χ1v) is 13.1. The van der Waals surface area contributed by atoms with Crippen molar-refractivity contribution in [2.75, 3.05) is 38.8 Å². The lowest BCUT2D eigenvalue weighted by Gasteiger charge is -2.32. The van der Waals surface area contributed by atoms with Gasteiger partial charge in [0, 0.05) is 43.5 Å². The molecule has 1 atom stereocenters. The number of benzene rings is 1. The van der Waals surface area contributed by atoms with Crippen LogP contribution in [0.2, 0.25) is 0 Å². The van der Waals surface area contributed by atoms with Gasteiger partial charge in [-0.3, -0.25) is 0 Å². The average Bonchev–Trinajstić information content (AvgIpc) is 3.60. The van der Waals surface area contributed by atoms with Crippen molar-refractivity contribution in [1.82, 2.24) is 24.6 Å². The van der Waals surface area contributed by atoms with Gasteiger partial charge in [-0.1, -0.05) is 0 Å². The average molecular weight is 571 g/mol. The van der Waals surface area contributed by atoms with Crippen LogP contribution in [0.1, 0.15) is 12.8 Å². The molecule has 0 bridgehead atoms. The van der Waals surface area contributed by atoms with Gasteiger partial charge in [-0.05, 0) is 46.2 Å². The number of aromatic nitrogens is 5. The van der Waals surface area contributed by atoms with Gasteiger partial charge in [0.25, 0.3) is 5.19 Å². The Morgan fingerprint density at radius 2 is 2.03 bits per heavy atom. The maximum absolute atomic E-state index is 6.36.